The van der Waals surface area contributed by atoms with Gasteiger partial charge in [0.2, 0.25) is 0 Å². The Bertz CT molecular complexity index is 786. The van der Waals surface area contributed by atoms with E-state index in [4.69, 9.17) is 11.6 Å². The predicted molar refractivity (Wildman–Crippen MR) is 93.3 cm³/mol. The summed E-state index contributed by atoms with van der Waals surface area (Å²) in [6.45, 7) is 3.92. The van der Waals surface area contributed by atoms with Gasteiger partial charge in [-0.3, -0.25) is 4.79 Å². The standard InChI is InChI=1S/C18H16ClN3O/c1-12-5-3-6-13(2)17(12)21-11-14(10-20)18(23)22-16-8-4-7-15(19)9-16/h3-9,11,21H,1-2H3,(H,22,23)/b14-11-. The van der Waals surface area contributed by atoms with Crippen LogP contribution in [0.1, 0.15) is 11.1 Å². The summed E-state index contributed by atoms with van der Waals surface area (Å²) in [6.07, 6.45) is 1.41. The minimum Gasteiger partial charge on any atom is -0.360 e. The molecule has 0 unspecified atom stereocenters. The molecule has 0 saturated heterocycles. The number of nitrogens with zero attached hydrogens (tertiary/aromatic N) is 1. The summed E-state index contributed by atoms with van der Waals surface area (Å²) >= 11 is 5.87. The SMILES string of the molecule is Cc1cccc(C)c1N/C=C(/C#N)C(=O)Nc1cccc(Cl)c1. The molecule has 0 spiro atoms. The molecule has 0 bridgehead atoms. The lowest BCUT2D eigenvalue weighted by Crippen LogP contribution is -2.14. The van der Waals surface area contributed by atoms with Crippen LogP contribution in [-0.2, 0) is 4.79 Å². The Hall–Kier alpha value is -2.77. The first-order valence-electron chi connectivity index (χ1n) is 7.01. The van der Waals surface area contributed by atoms with Gasteiger partial charge in [-0.15, -0.1) is 0 Å². The van der Waals surface area contributed by atoms with Crippen LogP contribution in [0.25, 0.3) is 0 Å². The van der Waals surface area contributed by atoms with Crippen molar-refractivity contribution in [2.24, 2.45) is 0 Å². The Morgan fingerprint density at radius 2 is 1.83 bits per heavy atom. The summed E-state index contributed by atoms with van der Waals surface area (Å²) in [7, 11) is 0. The minimum atomic E-state index is -0.492. The van der Waals surface area contributed by atoms with Gasteiger partial charge in [0.1, 0.15) is 11.6 Å². The van der Waals surface area contributed by atoms with Crippen LogP contribution in [0.3, 0.4) is 0 Å². The van der Waals surface area contributed by atoms with Crippen LogP contribution in [0.15, 0.2) is 54.2 Å². The molecule has 2 aromatic carbocycles. The second kappa shape index (κ2) is 7.48. The topological polar surface area (TPSA) is 64.9 Å². The van der Waals surface area contributed by atoms with Crippen LogP contribution in [0.2, 0.25) is 5.02 Å². The number of nitrogens with one attached hydrogen (secondary N) is 2. The van der Waals surface area contributed by atoms with Gasteiger partial charge in [-0.2, -0.15) is 5.26 Å². The van der Waals surface area contributed by atoms with Gasteiger partial charge < -0.3 is 10.6 Å². The number of hydrogen-bond acceptors (Lipinski definition) is 3. The van der Waals surface area contributed by atoms with Crippen molar-refractivity contribution in [1.29, 1.82) is 5.26 Å². The Morgan fingerprint density at radius 3 is 2.43 bits per heavy atom. The van der Waals surface area contributed by atoms with Crippen molar-refractivity contribution in [3.8, 4) is 6.07 Å². The maximum Gasteiger partial charge on any atom is 0.267 e. The van der Waals surface area contributed by atoms with Gasteiger partial charge in [0.25, 0.3) is 5.91 Å². The first-order valence-corrected chi connectivity index (χ1v) is 7.39. The van der Waals surface area contributed by atoms with E-state index in [1.807, 2.05) is 38.1 Å². The van der Waals surface area contributed by atoms with Gasteiger partial charge in [0, 0.05) is 22.6 Å². The molecule has 0 aromatic heterocycles. The third-order valence-electron chi connectivity index (χ3n) is 3.29. The number of rotatable bonds is 4. The lowest BCUT2D eigenvalue weighted by molar-refractivity contribution is -0.112. The summed E-state index contributed by atoms with van der Waals surface area (Å²) < 4.78 is 0. The molecule has 0 aliphatic carbocycles. The maximum absolute atomic E-state index is 12.2. The number of carbonyl (C=O) groups is 1. The van der Waals surface area contributed by atoms with E-state index >= 15 is 0 Å². The highest BCUT2D eigenvalue weighted by Crippen LogP contribution is 2.20. The fourth-order valence-corrected chi connectivity index (χ4v) is 2.29. The van der Waals surface area contributed by atoms with E-state index in [0.29, 0.717) is 10.7 Å². The molecule has 116 valence electrons. The molecule has 0 radical (unpaired) electrons. The molecular weight excluding hydrogens is 310 g/mol. The van der Waals surface area contributed by atoms with Crippen molar-refractivity contribution in [1.82, 2.24) is 0 Å². The minimum absolute atomic E-state index is 0.0207. The average molecular weight is 326 g/mol. The summed E-state index contributed by atoms with van der Waals surface area (Å²) in [4.78, 5) is 12.2. The van der Waals surface area contributed by atoms with Crippen molar-refractivity contribution < 1.29 is 4.79 Å². The maximum atomic E-state index is 12.2. The zero-order valence-electron chi connectivity index (χ0n) is 12.9. The molecule has 0 heterocycles. The fourth-order valence-electron chi connectivity index (χ4n) is 2.10. The normalized spacial score (nSPS) is 10.8. The molecule has 5 heteroatoms. The highest BCUT2D eigenvalue weighted by molar-refractivity contribution is 6.31. The van der Waals surface area contributed by atoms with Crippen LogP contribution < -0.4 is 10.6 Å². The number of carbonyl (C=O) groups excluding carboxylic acids is 1. The van der Waals surface area contributed by atoms with Crippen LogP contribution in [-0.4, -0.2) is 5.91 Å². The summed E-state index contributed by atoms with van der Waals surface area (Å²) in [5.74, 6) is -0.492. The van der Waals surface area contributed by atoms with Gasteiger partial charge in [-0.05, 0) is 43.2 Å². The van der Waals surface area contributed by atoms with E-state index in [2.05, 4.69) is 10.6 Å². The molecule has 0 fully saturated rings. The van der Waals surface area contributed by atoms with Gasteiger partial charge in [-0.25, -0.2) is 0 Å². The fraction of sp³-hybridized carbons (Fsp3) is 0.111. The molecule has 0 aliphatic heterocycles. The van der Waals surface area contributed by atoms with Crippen molar-refractivity contribution in [2.75, 3.05) is 10.6 Å². The molecule has 1 amide bonds. The number of aryl methyl sites for hydroxylation is 2. The molecule has 2 rings (SSSR count). The van der Waals surface area contributed by atoms with E-state index in [0.717, 1.165) is 16.8 Å². The summed E-state index contributed by atoms with van der Waals surface area (Å²) in [6, 6.07) is 14.5. The quantitative estimate of drug-likeness (QED) is 0.646. The third-order valence-corrected chi connectivity index (χ3v) is 3.52. The van der Waals surface area contributed by atoms with Crippen molar-refractivity contribution >= 4 is 28.9 Å². The number of hydrogen-bond donors (Lipinski definition) is 2. The molecule has 0 saturated carbocycles. The smallest absolute Gasteiger partial charge is 0.267 e. The molecule has 4 nitrogen and oxygen atoms in total. The summed E-state index contributed by atoms with van der Waals surface area (Å²) in [5.41, 5.74) is 3.47. The highest BCUT2D eigenvalue weighted by atomic mass is 35.5. The molecule has 0 aliphatic rings. The molecule has 0 atom stereocenters. The zero-order valence-corrected chi connectivity index (χ0v) is 13.6. The Balaban J connectivity index is 2.16. The number of para-hydroxylation sites is 1. The number of amides is 1. The predicted octanol–water partition coefficient (Wildman–Crippen LogP) is 4.41. The highest BCUT2D eigenvalue weighted by Gasteiger charge is 2.10. The van der Waals surface area contributed by atoms with Gasteiger partial charge in [0.15, 0.2) is 0 Å². The number of nitriles is 1. The van der Waals surface area contributed by atoms with Crippen LogP contribution in [0.4, 0.5) is 11.4 Å². The van der Waals surface area contributed by atoms with E-state index in [9.17, 15) is 10.1 Å². The number of halogens is 1. The third kappa shape index (κ3) is 4.35. The number of benzene rings is 2. The van der Waals surface area contributed by atoms with Crippen molar-refractivity contribution in [3.05, 3.63) is 70.4 Å². The monoisotopic (exact) mass is 325 g/mol. The van der Waals surface area contributed by atoms with Crippen LogP contribution in [0.5, 0.6) is 0 Å². The lowest BCUT2D eigenvalue weighted by Gasteiger charge is -2.10. The Morgan fingerprint density at radius 1 is 1.17 bits per heavy atom. The van der Waals surface area contributed by atoms with Crippen molar-refractivity contribution in [2.45, 2.75) is 13.8 Å². The average Bonchev–Trinajstić information content (AvgIpc) is 2.50. The van der Waals surface area contributed by atoms with E-state index in [-0.39, 0.29) is 5.57 Å². The van der Waals surface area contributed by atoms with E-state index in [1.165, 1.54) is 6.20 Å². The molecule has 2 N–H and O–H groups in total. The van der Waals surface area contributed by atoms with Crippen molar-refractivity contribution in [3.63, 3.8) is 0 Å². The second-order valence-electron chi connectivity index (χ2n) is 5.05. The Labute approximate surface area is 140 Å². The summed E-state index contributed by atoms with van der Waals surface area (Å²) in [5, 5.41) is 15.4. The molecule has 23 heavy (non-hydrogen) atoms. The van der Waals surface area contributed by atoms with Gasteiger partial charge in [-0.1, -0.05) is 35.9 Å². The first kappa shape index (κ1) is 16.6. The largest absolute Gasteiger partial charge is 0.360 e. The van der Waals surface area contributed by atoms with Crippen LogP contribution >= 0.6 is 11.6 Å². The van der Waals surface area contributed by atoms with Gasteiger partial charge >= 0.3 is 0 Å². The Kier molecular flexibility index (Phi) is 5.40. The van der Waals surface area contributed by atoms with E-state index < -0.39 is 5.91 Å². The van der Waals surface area contributed by atoms with Crippen LogP contribution in [0, 0.1) is 25.2 Å². The molecule has 2 aromatic rings. The first-order chi connectivity index (χ1) is 11.0. The number of anilines is 2. The lowest BCUT2D eigenvalue weighted by atomic mass is 10.1. The second-order valence-corrected chi connectivity index (χ2v) is 5.48. The van der Waals surface area contributed by atoms with Gasteiger partial charge in [0.05, 0.1) is 0 Å². The van der Waals surface area contributed by atoms with E-state index in [1.54, 1.807) is 24.3 Å². The zero-order chi connectivity index (χ0) is 16.8. The molecular formula is C18H16ClN3O.